The van der Waals surface area contributed by atoms with Gasteiger partial charge in [0.05, 0.1) is 16.3 Å². The number of rotatable bonds is 4. The van der Waals surface area contributed by atoms with E-state index in [1.54, 1.807) is 36.4 Å². The number of benzene rings is 2. The maximum Gasteiger partial charge on any atom is 0.261 e. The number of anilines is 3. The SMILES string of the molecule is Cl.Nc1cc(S(=O)(=O)Nc2ccccc2)ccc1N1CCNCC1. The van der Waals surface area contributed by atoms with Crippen molar-refractivity contribution in [2.45, 2.75) is 4.90 Å². The van der Waals surface area contributed by atoms with Crippen molar-refractivity contribution in [3.05, 3.63) is 48.5 Å². The van der Waals surface area contributed by atoms with Crippen molar-refractivity contribution in [3.8, 4) is 0 Å². The van der Waals surface area contributed by atoms with Gasteiger partial charge in [-0.2, -0.15) is 0 Å². The van der Waals surface area contributed by atoms with Crippen LogP contribution in [0, 0.1) is 0 Å². The van der Waals surface area contributed by atoms with Crippen LogP contribution in [-0.4, -0.2) is 34.6 Å². The molecule has 1 heterocycles. The number of nitrogens with two attached hydrogens (primary N) is 1. The molecule has 0 aromatic heterocycles. The number of hydrogen-bond donors (Lipinski definition) is 3. The summed E-state index contributed by atoms with van der Waals surface area (Å²) in [6.07, 6.45) is 0. The van der Waals surface area contributed by atoms with Crippen LogP contribution in [0.4, 0.5) is 17.1 Å². The average Bonchev–Trinajstić information content (AvgIpc) is 2.56. The average molecular weight is 369 g/mol. The standard InChI is InChI=1S/C16H20N4O2S.ClH/c17-15-12-14(6-7-16(15)20-10-8-18-9-11-20)23(21,22)19-13-4-2-1-3-5-13;/h1-7,12,18-19H,8-11,17H2;1H. The molecule has 0 atom stereocenters. The molecular formula is C16H21ClN4O2S. The predicted molar refractivity (Wildman–Crippen MR) is 100 cm³/mol. The van der Waals surface area contributed by atoms with Crippen molar-refractivity contribution in [3.63, 3.8) is 0 Å². The van der Waals surface area contributed by atoms with Gasteiger partial charge >= 0.3 is 0 Å². The Balaban J connectivity index is 0.00000208. The third kappa shape index (κ3) is 4.11. The van der Waals surface area contributed by atoms with Gasteiger partial charge in [-0.3, -0.25) is 4.72 Å². The van der Waals surface area contributed by atoms with Gasteiger partial charge < -0.3 is 16.0 Å². The molecule has 0 unspecified atom stereocenters. The number of nitrogens with zero attached hydrogens (tertiary/aromatic N) is 1. The summed E-state index contributed by atoms with van der Waals surface area (Å²) >= 11 is 0. The Kier molecular flexibility index (Phi) is 5.93. The second-order valence-corrected chi connectivity index (χ2v) is 7.11. The minimum absolute atomic E-state index is 0. The zero-order valence-corrected chi connectivity index (χ0v) is 14.7. The quantitative estimate of drug-likeness (QED) is 0.717. The first-order chi connectivity index (χ1) is 11.1. The molecule has 0 saturated carbocycles. The number of nitrogens with one attached hydrogen (secondary N) is 2. The first kappa shape index (κ1) is 18.4. The Hall–Kier alpha value is -1.96. The Morgan fingerprint density at radius 3 is 2.33 bits per heavy atom. The molecule has 3 rings (SSSR count). The van der Waals surface area contributed by atoms with Crippen LogP contribution in [0.1, 0.15) is 0 Å². The Morgan fingerprint density at radius 1 is 1.04 bits per heavy atom. The molecule has 0 amide bonds. The summed E-state index contributed by atoms with van der Waals surface area (Å²) in [7, 11) is -3.64. The number of nitrogen functional groups attached to an aromatic ring is 1. The van der Waals surface area contributed by atoms with Crippen molar-refractivity contribution >= 4 is 39.5 Å². The van der Waals surface area contributed by atoms with E-state index in [-0.39, 0.29) is 17.3 Å². The zero-order valence-electron chi connectivity index (χ0n) is 13.1. The van der Waals surface area contributed by atoms with Crippen LogP contribution in [0.5, 0.6) is 0 Å². The van der Waals surface area contributed by atoms with Crippen LogP contribution in [0.2, 0.25) is 0 Å². The van der Waals surface area contributed by atoms with E-state index in [1.165, 1.54) is 6.07 Å². The molecule has 0 aliphatic carbocycles. The molecule has 1 fully saturated rings. The molecule has 0 radical (unpaired) electrons. The highest BCUT2D eigenvalue weighted by atomic mass is 35.5. The number of piperazine rings is 1. The summed E-state index contributed by atoms with van der Waals surface area (Å²) in [5.74, 6) is 0. The summed E-state index contributed by atoms with van der Waals surface area (Å²) in [4.78, 5) is 2.32. The minimum Gasteiger partial charge on any atom is -0.397 e. The van der Waals surface area contributed by atoms with Gasteiger partial charge in [-0.15, -0.1) is 12.4 Å². The number of para-hydroxylation sites is 1. The molecule has 1 aliphatic rings. The van der Waals surface area contributed by atoms with Crippen molar-refractivity contribution in [2.24, 2.45) is 0 Å². The second kappa shape index (κ2) is 7.74. The Bertz CT molecular complexity index is 778. The highest BCUT2D eigenvalue weighted by Gasteiger charge is 2.18. The molecule has 2 aromatic rings. The molecule has 4 N–H and O–H groups in total. The van der Waals surface area contributed by atoms with Crippen LogP contribution in [0.25, 0.3) is 0 Å². The molecule has 1 aliphatic heterocycles. The van der Waals surface area contributed by atoms with Gasteiger partial charge in [0.1, 0.15) is 0 Å². The van der Waals surface area contributed by atoms with E-state index in [2.05, 4.69) is 14.9 Å². The molecule has 8 heteroatoms. The van der Waals surface area contributed by atoms with E-state index in [1.807, 2.05) is 6.07 Å². The van der Waals surface area contributed by atoms with Crippen molar-refractivity contribution in [1.82, 2.24) is 5.32 Å². The Labute approximate surface area is 148 Å². The van der Waals surface area contributed by atoms with Crippen LogP contribution >= 0.6 is 12.4 Å². The van der Waals surface area contributed by atoms with Gasteiger partial charge in [-0.25, -0.2) is 8.42 Å². The third-order valence-corrected chi connectivity index (χ3v) is 5.17. The lowest BCUT2D eigenvalue weighted by molar-refractivity contribution is 0.589. The van der Waals surface area contributed by atoms with Crippen molar-refractivity contribution < 1.29 is 8.42 Å². The topological polar surface area (TPSA) is 87.5 Å². The van der Waals surface area contributed by atoms with Crippen LogP contribution in [-0.2, 0) is 10.0 Å². The van der Waals surface area contributed by atoms with Gasteiger partial charge in [-0.1, -0.05) is 18.2 Å². The second-order valence-electron chi connectivity index (χ2n) is 5.43. The highest BCUT2D eigenvalue weighted by Crippen LogP contribution is 2.27. The van der Waals surface area contributed by atoms with E-state index < -0.39 is 10.0 Å². The maximum atomic E-state index is 12.5. The largest absolute Gasteiger partial charge is 0.397 e. The van der Waals surface area contributed by atoms with E-state index in [0.717, 1.165) is 31.9 Å². The zero-order chi connectivity index (χ0) is 16.3. The fourth-order valence-electron chi connectivity index (χ4n) is 2.61. The first-order valence-corrected chi connectivity index (χ1v) is 8.98. The summed E-state index contributed by atoms with van der Waals surface area (Å²) in [6.45, 7) is 3.52. The maximum absolute atomic E-state index is 12.5. The summed E-state index contributed by atoms with van der Waals surface area (Å²) in [5.41, 5.74) is 7.97. The Morgan fingerprint density at radius 2 is 1.71 bits per heavy atom. The van der Waals surface area contributed by atoms with Crippen molar-refractivity contribution in [2.75, 3.05) is 41.5 Å². The number of sulfonamides is 1. The fraction of sp³-hybridized carbons (Fsp3) is 0.250. The molecule has 1 saturated heterocycles. The number of halogens is 1. The predicted octanol–water partition coefficient (Wildman–Crippen LogP) is 1.90. The highest BCUT2D eigenvalue weighted by molar-refractivity contribution is 7.92. The van der Waals surface area contributed by atoms with Gasteiger partial charge in [0, 0.05) is 31.9 Å². The summed E-state index contributed by atoms with van der Waals surface area (Å²) in [5, 5.41) is 3.28. The minimum atomic E-state index is -3.64. The molecule has 130 valence electrons. The molecule has 6 nitrogen and oxygen atoms in total. The third-order valence-electron chi connectivity index (χ3n) is 3.79. The van der Waals surface area contributed by atoms with E-state index in [4.69, 9.17) is 5.73 Å². The van der Waals surface area contributed by atoms with E-state index in [0.29, 0.717) is 11.4 Å². The lowest BCUT2D eigenvalue weighted by Gasteiger charge is -2.30. The van der Waals surface area contributed by atoms with Crippen LogP contribution in [0.3, 0.4) is 0 Å². The fourth-order valence-corrected chi connectivity index (χ4v) is 3.71. The van der Waals surface area contributed by atoms with Crippen LogP contribution < -0.4 is 20.7 Å². The van der Waals surface area contributed by atoms with Gasteiger partial charge in [-0.05, 0) is 30.3 Å². The molecule has 2 aromatic carbocycles. The molecular weight excluding hydrogens is 348 g/mol. The molecule has 0 spiro atoms. The van der Waals surface area contributed by atoms with Gasteiger partial charge in [0.2, 0.25) is 0 Å². The van der Waals surface area contributed by atoms with Crippen LogP contribution in [0.15, 0.2) is 53.4 Å². The lowest BCUT2D eigenvalue weighted by atomic mass is 10.2. The van der Waals surface area contributed by atoms with E-state index >= 15 is 0 Å². The normalized spacial score (nSPS) is 14.8. The molecule has 0 bridgehead atoms. The summed E-state index contributed by atoms with van der Waals surface area (Å²) in [6, 6.07) is 13.7. The summed E-state index contributed by atoms with van der Waals surface area (Å²) < 4.78 is 27.5. The number of hydrogen-bond acceptors (Lipinski definition) is 5. The smallest absolute Gasteiger partial charge is 0.261 e. The van der Waals surface area contributed by atoms with Crippen molar-refractivity contribution in [1.29, 1.82) is 0 Å². The first-order valence-electron chi connectivity index (χ1n) is 7.49. The van der Waals surface area contributed by atoms with Gasteiger partial charge in [0.25, 0.3) is 10.0 Å². The monoisotopic (exact) mass is 368 g/mol. The van der Waals surface area contributed by atoms with E-state index in [9.17, 15) is 8.42 Å². The molecule has 24 heavy (non-hydrogen) atoms. The lowest BCUT2D eigenvalue weighted by Crippen LogP contribution is -2.43. The van der Waals surface area contributed by atoms with Gasteiger partial charge in [0.15, 0.2) is 0 Å².